The van der Waals surface area contributed by atoms with E-state index in [1.807, 2.05) is 12.1 Å². The van der Waals surface area contributed by atoms with E-state index >= 15 is 0 Å². The van der Waals surface area contributed by atoms with Gasteiger partial charge in [-0.3, -0.25) is 4.18 Å². The van der Waals surface area contributed by atoms with Gasteiger partial charge in [-0.2, -0.15) is 8.42 Å². The van der Waals surface area contributed by atoms with Gasteiger partial charge in [0.1, 0.15) is 0 Å². The molecule has 1 N–H and O–H groups in total. The van der Waals surface area contributed by atoms with Gasteiger partial charge in [-0.05, 0) is 85.7 Å². The topological polar surface area (TPSA) is 89.5 Å². The molecule has 1 aliphatic carbocycles. The summed E-state index contributed by atoms with van der Waals surface area (Å²) in [5, 5.41) is 0.485. The zero-order valence-electron chi connectivity index (χ0n) is 18.6. The second-order valence-electron chi connectivity index (χ2n) is 8.50. The number of rotatable bonds is 8. The Hall–Kier alpha value is -2.23. The average Bonchev–Trinajstić information content (AvgIpc) is 2.79. The van der Waals surface area contributed by atoms with Crippen LogP contribution in [0.3, 0.4) is 0 Å². The Bertz CT molecular complexity index is 1360. The number of fused-ring (bicyclic) bond motifs is 1. The molecule has 3 aromatic carbocycles. The van der Waals surface area contributed by atoms with Crippen molar-refractivity contribution in [1.29, 1.82) is 0 Å². The summed E-state index contributed by atoms with van der Waals surface area (Å²) >= 11 is 5.86. The lowest BCUT2D eigenvalue weighted by Crippen LogP contribution is -2.38. The van der Waals surface area contributed by atoms with Crippen molar-refractivity contribution < 1.29 is 21.0 Å². The van der Waals surface area contributed by atoms with Crippen LogP contribution in [-0.4, -0.2) is 29.0 Å². The van der Waals surface area contributed by atoms with Crippen molar-refractivity contribution in [3.63, 3.8) is 0 Å². The molecule has 0 aliphatic heterocycles. The molecular formula is C25H26ClNO5S2. The Kier molecular flexibility index (Phi) is 7.45. The molecule has 4 rings (SSSR count). The van der Waals surface area contributed by atoms with Crippen LogP contribution in [0, 0.1) is 0 Å². The molecule has 6 nitrogen and oxygen atoms in total. The quantitative estimate of drug-likeness (QED) is 0.442. The Morgan fingerprint density at radius 1 is 0.941 bits per heavy atom. The summed E-state index contributed by atoms with van der Waals surface area (Å²) in [6.07, 6.45) is 1.93. The first kappa shape index (κ1) is 24.9. The summed E-state index contributed by atoms with van der Waals surface area (Å²) in [5.41, 5.74) is 3.22. The lowest BCUT2D eigenvalue weighted by atomic mass is 9.87. The van der Waals surface area contributed by atoms with Crippen LogP contribution in [0.5, 0.6) is 0 Å². The predicted molar refractivity (Wildman–Crippen MR) is 132 cm³/mol. The van der Waals surface area contributed by atoms with Gasteiger partial charge in [-0.15, -0.1) is 0 Å². The maximum atomic E-state index is 12.7. The van der Waals surface area contributed by atoms with Gasteiger partial charge in [0.05, 0.1) is 15.9 Å². The summed E-state index contributed by atoms with van der Waals surface area (Å²) in [6, 6.07) is 20.0. The highest BCUT2D eigenvalue weighted by atomic mass is 35.5. The molecule has 180 valence electrons. The molecule has 2 unspecified atom stereocenters. The molecule has 3 aromatic rings. The van der Waals surface area contributed by atoms with E-state index in [1.54, 1.807) is 37.3 Å². The number of hydrogen-bond acceptors (Lipinski definition) is 5. The van der Waals surface area contributed by atoms with Crippen LogP contribution in [-0.2, 0) is 43.6 Å². The number of halogens is 1. The van der Waals surface area contributed by atoms with Crippen LogP contribution in [0.2, 0.25) is 5.02 Å². The van der Waals surface area contributed by atoms with Crippen LogP contribution in [0.1, 0.15) is 30.0 Å². The van der Waals surface area contributed by atoms with E-state index in [0.717, 1.165) is 23.1 Å². The first-order valence-electron chi connectivity index (χ1n) is 11.0. The molecular weight excluding hydrogens is 494 g/mol. The van der Waals surface area contributed by atoms with Crippen molar-refractivity contribution in [1.82, 2.24) is 4.72 Å². The molecule has 2 atom stereocenters. The second-order valence-corrected chi connectivity index (χ2v) is 12.2. The molecule has 0 radical (unpaired) electrons. The van der Waals surface area contributed by atoms with Gasteiger partial charge in [0.2, 0.25) is 10.0 Å². The van der Waals surface area contributed by atoms with Crippen molar-refractivity contribution in [2.45, 2.75) is 54.5 Å². The molecule has 0 aromatic heterocycles. The van der Waals surface area contributed by atoms with Crippen LogP contribution in [0.4, 0.5) is 0 Å². The van der Waals surface area contributed by atoms with E-state index in [9.17, 15) is 16.8 Å². The maximum Gasteiger partial charge on any atom is 0.297 e. The minimum atomic E-state index is -3.82. The maximum absolute atomic E-state index is 12.7. The molecule has 1 aliphatic rings. The van der Waals surface area contributed by atoms with E-state index in [-0.39, 0.29) is 15.8 Å². The SMILES string of the molecule is CC(Cc1ccc2c(c1)CCC(NS(=O)(=O)c1ccc(Cl)cc1)C2)OS(=O)(=O)c1ccccc1. The third-order valence-electron chi connectivity index (χ3n) is 5.79. The first-order chi connectivity index (χ1) is 16.1. The average molecular weight is 520 g/mol. The van der Waals surface area contributed by atoms with Crippen molar-refractivity contribution >= 4 is 31.7 Å². The van der Waals surface area contributed by atoms with Crippen LogP contribution in [0.25, 0.3) is 0 Å². The summed E-state index contributed by atoms with van der Waals surface area (Å²) in [7, 11) is -7.45. The molecule has 9 heteroatoms. The third-order valence-corrected chi connectivity index (χ3v) is 9.01. The highest BCUT2D eigenvalue weighted by Gasteiger charge is 2.25. The normalized spacial score (nSPS) is 17.2. The zero-order valence-corrected chi connectivity index (χ0v) is 21.0. The van der Waals surface area contributed by atoms with E-state index < -0.39 is 26.2 Å². The fourth-order valence-electron chi connectivity index (χ4n) is 4.16. The van der Waals surface area contributed by atoms with Crippen LogP contribution < -0.4 is 4.72 Å². The summed E-state index contributed by atoms with van der Waals surface area (Å²) in [6.45, 7) is 1.74. The minimum absolute atomic E-state index is 0.138. The van der Waals surface area contributed by atoms with Gasteiger partial charge in [0.25, 0.3) is 10.1 Å². The van der Waals surface area contributed by atoms with E-state index in [0.29, 0.717) is 24.3 Å². The van der Waals surface area contributed by atoms with E-state index in [1.165, 1.54) is 24.3 Å². The third kappa shape index (κ3) is 6.06. The summed E-state index contributed by atoms with van der Waals surface area (Å²) < 4.78 is 58.5. The molecule has 0 heterocycles. The van der Waals surface area contributed by atoms with Crippen LogP contribution in [0.15, 0.2) is 82.6 Å². The molecule has 0 amide bonds. The van der Waals surface area contributed by atoms with Crippen molar-refractivity contribution in [3.05, 3.63) is 94.5 Å². The van der Waals surface area contributed by atoms with Gasteiger partial charge in [0.15, 0.2) is 0 Å². The number of sulfonamides is 1. The van der Waals surface area contributed by atoms with E-state index in [2.05, 4.69) is 10.8 Å². The second kappa shape index (κ2) is 10.2. The summed E-state index contributed by atoms with van der Waals surface area (Å²) in [5.74, 6) is 0. The Morgan fingerprint density at radius 3 is 2.35 bits per heavy atom. The van der Waals surface area contributed by atoms with Crippen molar-refractivity contribution in [2.24, 2.45) is 0 Å². The standard InChI is InChI=1S/C25H26ClNO5S2/c1-18(32-34(30,31)25-5-3-2-4-6-25)15-19-7-8-21-17-23(12-9-20(21)16-19)27-33(28,29)24-13-10-22(26)11-14-24/h2-8,10-11,13-14,16,18,23,27H,9,12,15,17H2,1H3. The van der Waals surface area contributed by atoms with Gasteiger partial charge >= 0.3 is 0 Å². The molecule has 0 fully saturated rings. The molecule has 0 saturated heterocycles. The van der Waals surface area contributed by atoms with Gasteiger partial charge in [-0.1, -0.05) is 48.0 Å². The number of benzene rings is 3. The highest BCUT2D eigenvalue weighted by molar-refractivity contribution is 7.89. The number of nitrogens with one attached hydrogen (secondary N) is 1. The lowest BCUT2D eigenvalue weighted by molar-refractivity contribution is 0.229. The molecule has 0 saturated carbocycles. The predicted octanol–water partition coefficient (Wildman–Crippen LogP) is 4.51. The van der Waals surface area contributed by atoms with Crippen LogP contribution >= 0.6 is 11.6 Å². The largest absolute Gasteiger partial charge is 0.297 e. The van der Waals surface area contributed by atoms with E-state index in [4.69, 9.17) is 15.8 Å². The molecule has 34 heavy (non-hydrogen) atoms. The number of aryl methyl sites for hydroxylation is 1. The molecule has 0 spiro atoms. The fraction of sp³-hybridized carbons (Fsp3) is 0.280. The monoisotopic (exact) mass is 519 g/mol. The smallest absolute Gasteiger partial charge is 0.263 e. The summed E-state index contributed by atoms with van der Waals surface area (Å²) in [4.78, 5) is 0.330. The van der Waals surface area contributed by atoms with Crippen molar-refractivity contribution in [3.8, 4) is 0 Å². The number of hydrogen-bond donors (Lipinski definition) is 1. The Labute approximate surface area is 206 Å². The highest BCUT2D eigenvalue weighted by Crippen LogP contribution is 2.25. The lowest BCUT2D eigenvalue weighted by Gasteiger charge is -2.26. The Morgan fingerprint density at radius 2 is 1.65 bits per heavy atom. The zero-order chi connectivity index (χ0) is 24.3. The fourth-order valence-corrected chi connectivity index (χ4v) is 6.66. The first-order valence-corrected chi connectivity index (χ1v) is 14.3. The van der Waals surface area contributed by atoms with Gasteiger partial charge in [0, 0.05) is 11.1 Å². The Balaban J connectivity index is 1.39. The van der Waals surface area contributed by atoms with Crippen molar-refractivity contribution in [2.75, 3.05) is 0 Å². The van der Waals surface area contributed by atoms with Gasteiger partial charge in [-0.25, -0.2) is 13.1 Å². The van der Waals surface area contributed by atoms with Gasteiger partial charge < -0.3 is 0 Å². The molecule has 0 bridgehead atoms. The minimum Gasteiger partial charge on any atom is -0.263 e.